The van der Waals surface area contributed by atoms with Gasteiger partial charge >= 0.3 is 0 Å². The van der Waals surface area contributed by atoms with Crippen LogP contribution in [0.4, 0.5) is 0 Å². The quantitative estimate of drug-likeness (QED) is 0.837. The average Bonchev–Trinajstić information content (AvgIpc) is 2.46. The Bertz CT molecular complexity index is 461. The fraction of sp³-hybridized carbons (Fsp3) is 0.500. The summed E-state index contributed by atoms with van der Waals surface area (Å²) in [5.74, 6) is 6.09. The van der Waals surface area contributed by atoms with Gasteiger partial charge in [0.1, 0.15) is 0 Å². The normalized spacial score (nSPS) is 19.8. The lowest BCUT2D eigenvalue weighted by Crippen LogP contribution is -2.38. The molecular formula is C16H22N2O. The lowest BCUT2D eigenvalue weighted by atomic mass is 10.0. The molecule has 2 N–H and O–H groups in total. The summed E-state index contributed by atoms with van der Waals surface area (Å²) in [5, 5.41) is 0. The van der Waals surface area contributed by atoms with Gasteiger partial charge in [-0.05, 0) is 31.0 Å². The van der Waals surface area contributed by atoms with Gasteiger partial charge in [0.2, 0.25) is 0 Å². The maximum Gasteiger partial charge on any atom is 0.0698 e. The number of rotatable bonds is 3. The highest BCUT2D eigenvalue weighted by atomic mass is 16.5. The minimum Gasteiger partial charge on any atom is -0.380 e. The van der Waals surface area contributed by atoms with E-state index in [1.165, 1.54) is 18.4 Å². The number of likely N-dealkylation sites (tertiary alicyclic amines) is 1. The van der Waals surface area contributed by atoms with Crippen molar-refractivity contribution < 1.29 is 4.74 Å². The highest BCUT2D eigenvalue weighted by molar-refractivity contribution is 5.41. The van der Waals surface area contributed by atoms with Crippen molar-refractivity contribution in [1.29, 1.82) is 0 Å². The van der Waals surface area contributed by atoms with Crippen molar-refractivity contribution in [3.05, 3.63) is 35.4 Å². The van der Waals surface area contributed by atoms with Crippen LogP contribution in [0.2, 0.25) is 0 Å². The van der Waals surface area contributed by atoms with Gasteiger partial charge < -0.3 is 10.5 Å². The van der Waals surface area contributed by atoms with Crippen LogP contribution in [0.5, 0.6) is 0 Å². The number of nitrogens with two attached hydrogens (primary N) is 1. The summed E-state index contributed by atoms with van der Waals surface area (Å²) < 4.78 is 5.47. The zero-order chi connectivity index (χ0) is 13.5. The summed E-state index contributed by atoms with van der Waals surface area (Å²) >= 11 is 0. The molecule has 1 unspecified atom stereocenters. The molecule has 1 fully saturated rings. The monoisotopic (exact) mass is 258 g/mol. The molecule has 0 radical (unpaired) electrons. The highest BCUT2D eigenvalue weighted by Crippen LogP contribution is 2.17. The van der Waals surface area contributed by atoms with E-state index in [4.69, 9.17) is 10.5 Å². The SMILES string of the molecule is COC1CCCN(Cc2ccccc2C#CCN)C1. The Morgan fingerprint density at radius 3 is 3.05 bits per heavy atom. The highest BCUT2D eigenvalue weighted by Gasteiger charge is 2.19. The molecule has 3 heteroatoms. The standard InChI is InChI=1S/C16H22N2O/c1-19-16-9-5-11-18(13-16)12-15-7-3-2-6-14(15)8-4-10-17/h2-3,6-7,16H,5,9-13,17H2,1H3. The van der Waals surface area contributed by atoms with Gasteiger partial charge in [0.15, 0.2) is 0 Å². The van der Waals surface area contributed by atoms with Crippen molar-refractivity contribution >= 4 is 0 Å². The van der Waals surface area contributed by atoms with Crippen LogP contribution in [0, 0.1) is 11.8 Å². The molecule has 1 aromatic rings. The van der Waals surface area contributed by atoms with Crippen molar-refractivity contribution in [2.75, 3.05) is 26.7 Å². The van der Waals surface area contributed by atoms with Crippen molar-refractivity contribution in [1.82, 2.24) is 4.90 Å². The van der Waals surface area contributed by atoms with Gasteiger partial charge in [0.25, 0.3) is 0 Å². The number of ether oxygens (including phenoxy) is 1. The molecule has 1 saturated heterocycles. The van der Waals surface area contributed by atoms with Gasteiger partial charge in [0.05, 0.1) is 12.6 Å². The Balaban J connectivity index is 2.06. The molecule has 2 rings (SSSR count). The maximum atomic E-state index is 5.47. The number of hydrogen-bond acceptors (Lipinski definition) is 3. The first-order valence-corrected chi connectivity index (χ1v) is 6.85. The van der Waals surface area contributed by atoms with Crippen LogP contribution in [0.25, 0.3) is 0 Å². The molecule has 0 amide bonds. The summed E-state index contributed by atoms with van der Waals surface area (Å²) in [6.07, 6.45) is 2.74. The first kappa shape index (κ1) is 14.1. The van der Waals surface area contributed by atoms with E-state index < -0.39 is 0 Å². The van der Waals surface area contributed by atoms with Gasteiger partial charge in [0, 0.05) is 25.8 Å². The lowest BCUT2D eigenvalue weighted by Gasteiger charge is -2.32. The number of piperidine rings is 1. The molecule has 1 heterocycles. The molecule has 3 nitrogen and oxygen atoms in total. The third-order valence-electron chi connectivity index (χ3n) is 3.53. The predicted octanol–water partition coefficient (Wildman–Crippen LogP) is 1.61. The summed E-state index contributed by atoms with van der Waals surface area (Å²) in [5.41, 5.74) is 7.81. The molecule has 0 aromatic heterocycles. The second-order valence-corrected chi connectivity index (χ2v) is 4.90. The number of benzene rings is 1. The molecule has 102 valence electrons. The van der Waals surface area contributed by atoms with Gasteiger partial charge in [-0.3, -0.25) is 4.90 Å². The lowest BCUT2D eigenvalue weighted by molar-refractivity contribution is 0.0285. The second kappa shape index (κ2) is 7.30. The Morgan fingerprint density at radius 2 is 2.26 bits per heavy atom. The molecular weight excluding hydrogens is 236 g/mol. The van der Waals surface area contributed by atoms with E-state index in [2.05, 4.69) is 34.9 Å². The average molecular weight is 258 g/mol. The minimum atomic E-state index is 0.371. The van der Waals surface area contributed by atoms with Crippen LogP contribution in [0.1, 0.15) is 24.0 Å². The van der Waals surface area contributed by atoms with Crippen LogP contribution in [0.15, 0.2) is 24.3 Å². The van der Waals surface area contributed by atoms with Crippen LogP contribution in [-0.2, 0) is 11.3 Å². The van der Waals surface area contributed by atoms with Crippen LogP contribution in [-0.4, -0.2) is 37.7 Å². The van der Waals surface area contributed by atoms with Gasteiger partial charge in [-0.1, -0.05) is 30.0 Å². The fourth-order valence-corrected chi connectivity index (χ4v) is 2.52. The molecule has 1 aromatic carbocycles. The third kappa shape index (κ3) is 4.07. The second-order valence-electron chi connectivity index (χ2n) is 4.90. The van der Waals surface area contributed by atoms with E-state index in [9.17, 15) is 0 Å². The number of hydrogen-bond donors (Lipinski definition) is 1. The van der Waals surface area contributed by atoms with E-state index >= 15 is 0 Å². The molecule has 0 bridgehead atoms. The summed E-state index contributed by atoms with van der Waals surface area (Å²) in [6.45, 7) is 3.49. The molecule has 0 spiro atoms. The van der Waals surface area contributed by atoms with Crippen LogP contribution < -0.4 is 5.73 Å². The minimum absolute atomic E-state index is 0.371. The Hall–Kier alpha value is -1.34. The van der Waals surface area contributed by atoms with Crippen molar-refractivity contribution in [3.63, 3.8) is 0 Å². The maximum absolute atomic E-state index is 5.47. The third-order valence-corrected chi connectivity index (χ3v) is 3.53. The molecule has 1 aliphatic rings. The largest absolute Gasteiger partial charge is 0.380 e. The smallest absolute Gasteiger partial charge is 0.0698 e. The van der Waals surface area contributed by atoms with Gasteiger partial charge in [-0.15, -0.1) is 0 Å². The van der Waals surface area contributed by atoms with Crippen molar-refractivity contribution in [2.45, 2.75) is 25.5 Å². The van der Waals surface area contributed by atoms with E-state index in [1.54, 1.807) is 7.11 Å². The summed E-state index contributed by atoms with van der Waals surface area (Å²) in [7, 11) is 1.80. The molecule has 0 saturated carbocycles. The molecule has 1 aliphatic heterocycles. The van der Waals surface area contributed by atoms with Crippen molar-refractivity contribution in [2.24, 2.45) is 5.73 Å². The van der Waals surface area contributed by atoms with E-state index in [0.717, 1.165) is 25.2 Å². The van der Waals surface area contributed by atoms with Gasteiger partial charge in [-0.25, -0.2) is 0 Å². The zero-order valence-corrected chi connectivity index (χ0v) is 11.6. The topological polar surface area (TPSA) is 38.5 Å². The van der Waals surface area contributed by atoms with Crippen LogP contribution >= 0.6 is 0 Å². The molecule has 19 heavy (non-hydrogen) atoms. The number of nitrogens with zero attached hydrogens (tertiary/aromatic N) is 1. The number of methoxy groups -OCH3 is 1. The fourth-order valence-electron chi connectivity index (χ4n) is 2.52. The summed E-state index contributed by atoms with van der Waals surface area (Å²) in [6, 6.07) is 8.31. The van der Waals surface area contributed by atoms with Crippen LogP contribution in [0.3, 0.4) is 0 Å². The van der Waals surface area contributed by atoms with E-state index in [1.807, 2.05) is 6.07 Å². The van der Waals surface area contributed by atoms with Crippen molar-refractivity contribution in [3.8, 4) is 11.8 Å². The Labute approximate surface area is 115 Å². The van der Waals surface area contributed by atoms with E-state index in [-0.39, 0.29) is 0 Å². The molecule has 1 atom stereocenters. The zero-order valence-electron chi connectivity index (χ0n) is 11.6. The Kier molecular flexibility index (Phi) is 5.41. The summed E-state index contributed by atoms with van der Waals surface area (Å²) in [4.78, 5) is 2.45. The van der Waals surface area contributed by atoms with Gasteiger partial charge in [-0.2, -0.15) is 0 Å². The van der Waals surface area contributed by atoms with E-state index in [0.29, 0.717) is 12.6 Å². The first-order chi connectivity index (χ1) is 9.33. The predicted molar refractivity (Wildman–Crippen MR) is 77.7 cm³/mol. The first-order valence-electron chi connectivity index (χ1n) is 6.85. The Morgan fingerprint density at radius 1 is 1.42 bits per heavy atom. The molecule has 0 aliphatic carbocycles.